The van der Waals surface area contributed by atoms with Gasteiger partial charge in [-0.3, -0.25) is 4.79 Å². The van der Waals surface area contributed by atoms with Crippen LogP contribution < -0.4 is 5.32 Å². The van der Waals surface area contributed by atoms with Crippen molar-refractivity contribution in [1.29, 1.82) is 0 Å². The highest BCUT2D eigenvalue weighted by Crippen LogP contribution is 2.29. The molecular formula is C16H25NO5. The fourth-order valence-electron chi connectivity index (χ4n) is 2.55. The molecular weight excluding hydrogens is 286 g/mol. The largest absolute Gasteiger partial charge is 0.463 e. The van der Waals surface area contributed by atoms with Gasteiger partial charge < -0.3 is 14.8 Å². The van der Waals surface area contributed by atoms with Crippen LogP contribution in [0.4, 0.5) is 0 Å². The molecule has 0 saturated heterocycles. The lowest BCUT2D eigenvalue weighted by Gasteiger charge is -2.34. The molecule has 1 rings (SSSR count). The minimum absolute atomic E-state index is 0.130. The molecule has 0 aromatic heterocycles. The van der Waals surface area contributed by atoms with E-state index in [-0.39, 0.29) is 25.2 Å². The Kier molecular flexibility index (Phi) is 7.63. The van der Waals surface area contributed by atoms with Gasteiger partial charge in [-0.15, -0.1) is 0 Å². The van der Waals surface area contributed by atoms with Crippen LogP contribution >= 0.6 is 0 Å². The SMILES string of the molecule is CCOC(=O)/C=C/C(=O)OCC(=O)N[C@H]1CCC[C@@H](C)[C@@H]1C. The van der Waals surface area contributed by atoms with Crippen molar-refractivity contribution in [2.24, 2.45) is 11.8 Å². The second-order valence-electron chi connectivity index (χ2n) is 5.63. The summed E-state index contributed by atoms with van der Waals surface area (Å²) in [6.07, 6.45) is 5.17. The minimum Gasteiger partial charge on any atom is -0.463 e. The van der Waals surface area contributed by atoms with Crippen LogP contribution in [0.1, 0.15) is 40.0 Å². The first-order valence-electron chi connectivity index (χ1n) is 7.75. The lowest BCUT2D eigenvalue weighted by Crippen LogP contribution is -2.45. The van der Waals surface area contributed by atoms with Crippen molar-refractivity contribution in [3.05, 3.63) is 12.2 Å². The Morgan fingerprint density at radius 1 is 1.09 bits per heavy atom. The maximum Gasteiger partial charge on any atom is 0.331 e. The van der Waals surface area contributed by atoms with Crippen LogP contribution in [0.15, 0.2) is 12.2 Å². The number of nitrogens with one attached hydrogen (secondary N) is 1. The highest BCUT2D eigenvalue weighted by atomic mass is 16.5. The van der Waals surface area contributed by atoms with E-state index >= 15 is 0 Å². The van der Waals surface area contributed by atoms with E-state index in [0.717, 1.165) is 25.0 Å². The van der Waals surface area contributed by atoms with Gasteiger partial charge in [0, 0.05) is 18.2 Å². The fourth-order valence-corrected chi connectivity index (χ4v) is 2.55. The molecule has 0 bridgehead atoms. The lowest BCUT2D eigenvalue weighted by molar-refractivity contribution is -0.144. The van der Waals surface area contributed by atoms with Crippen molar-refractivity contribution in [3.63, 3.8) is 0 Å². The molecule has 1 aliphatic rings. The summed E-state index contributed by atoms with van der Waals surface area (Å²) >= 11 is 0. The van der Waals surface area contributed by atoms with E-state index in [4.69, 9.17) is 4.74 Å². The predicted molar refractivity (Wildman–Crippen MR) is 80.8 cm³/mol. The first-order valence-corrected chi connectivity index (χ1v) is 7.75. The Morgan fingerprint density at radius 3 is 2.36 bits per heavy atom. The van der Waals surface area contributed by atoms with E-state index < -0.39 is 11.9 Å². The Balaban J connectivity index is 2.30. The van der Waals surface area contributed by atoms with Crippen LogP contribution in [-0.2, 0) is 23.9 Å². The quantitative estimate of drug-likeness (QED) is 0.595. The molecule has 3 atom stereocenters. The van der Waals surface area contributed by atoms with Gasteiger partial charge in [-0.1, -0.05) is 26.7 Å². The van der Waals surface area contributed by atoms with Gasteiger partial charge in [-0.05, 0) is 25.2 Å². The summed E-state index contributed by atoms with van der Waals surface area (Å²) in [5.74, 6) is -0.683. The maximum absolute atomic E-state index is 11.8. The molecule has 0 spiro atoms. The summed E-state index contributed by atoms with van der Waals surface area (Å²) in [5, 5.41) is 2.91. The van der Waals surface area contributed by atoms with Crippen molar-refractivity contribution in [1.82, 2.24) is 5.32 Å². The van der Waals surface area contributed by atoms with Gasteiger partial charge in [0.25, 0.3) is 5.91 Å². The number of amides is 1. The summed E-state index contributed by atoms with van der Waals surface area (Å²) in [4.78, 5) is 34.2. The van der Waals surface area contributed by atoms with Crippen LogP contribution in [0.3, 0.4) is 0 Å². The van der Waals surface area contributed by atoms with E-state index in [0.29, 0.717) is 11.8 Å². The molecule has 6 heteroatoms. The molecule has 0 heterocycles. The van der Waals surface area contributed by atoms with Gasteiger partial charge in [0.05, 0.1) is 6.61 Å². The van der Waals surface area contributed by atoms with E-state index in [9.17, 15) is 14.4 Å². The number of ether oxygens (including phenoxy) is 2. The average molecular weight is 311 g/mol. The third-order valence-corrected chi connectivity index (χ3v) is 4.04. The Morgan fingerprint density at radius 2 is 1.73 bits per heavy atom. The number of rotatable bonds is 6. The molecule has 0 unspecified atom stereocenters. The summed E-state index contributed by atoms with van der Waals surface area (Å²) in [6.45, 7) is 5.87. The highest BCUT2D eigenvalue weighted by molar-refractivity contribution is 5.92. The number of hydrogen-bond donors (Lipinski definition) is 1. The van der Waals surface area contributed by atoms with Crippen molar-refractivity contribution >= 4 is 17.8 Å². The molecule has 1 N–H and O–H groups in total. The standard InChI is InChI=1S/C16H25NO5/c1-4-21-15(19)8-9-16(20)22-10-14(18)17-13-7-5-6-11(2)12(13)3/h8-9,11-13H,4-7,10H2,1-3H3,(H,17,18)/b9-8+/t11-,12+,13+/m1/s1. The Hall–Kier alpha value is -1.85. The summed E-state index contributed by atoms with van der Waals surface area (Å²) in [7, 11) is 0. The summed E-state index contributed by atoms with van der Waals surface area (Å²) in [6, 6.07) is 0.130. The molecule has 124 valence electrons. The Bertz CT molecular complexity index is 432. The monoisotopic (exact) mass is 311 g/mol. The van der Waals surface area contributed by atoms with Crippen LogP contribution in [0, 0.1) is 11.8 Å². The average Bonchev–Trinajstić information content (AvgIpc) is 2.48. The minimum atomic E-state index is -0.742. The third-order valence-electron chi connectivity index (χ3n) is 4.04. The van der Waals surface area contributed by atoms with Crippen molar-refractivity contribution in [3.8, 4) is 0 Å². The van der Waals surface area contributed by atoms with Gasteiger partial charge in [-0.2, -0.15) is 0 Å². The van der Waals surface area contributed by atoms with E-state index in [1.807, 2.05) is 0 Å². The van der Waals surface area contributed by atoms with Crippen molar-refractivity contribution < 1.29 is 23.9 Å². The zero-order valence-electron chi connectivity index (χ0n) is 13.5. The summed E-state index contributed by atoms with van der Waals surface area (Å²) in [5.41, 5.74) is 0. The van der Waals surface area contributed by atoms with Crippen LogP contribution in [0.25, 0.3) is 0 Å². The topological polar surface area (TPSA) is 81.7 Å². The van der Waals surface area contributed by atoms with E-state index in [1.165, 1.54) is 6.42 Å². The second-order valence-corrected chi connectivity index (χ2v) is 5.63. The molecule has 6 nitrogen and oxygen atoms in total. The normalized spacial score (nSPS) is 24.8. The number of carbonyl (C=O) groups excluding carboxylic acids is 3. The van der Waals surface area contributed by atoms with E-state index in [1.54, 1.807) is 6.92 Å². The molecule has 0 aromatic rings. The predicted octanol–water partition coefficient (Wildman–Crippen LogP) is 1.59. The first kappa shape index (κ1) is 18.2. The van der Waals surface area contributed by atoms with Crippen LogP contribution in [0.2, 0.25) is 0 Å². The zero-order chi connectivity index (χ0) is 16.5. The number of esters is 2. The lowest BCUT2D eigenvalue weighted by atomic mass is 9.78. The van der Waals surface area contributed by atoms with Crippen molar-refractivity contribution in [2.75, 3.05) is 13.2 Å². The molecule has 0 aliphatic heterocycles. The van der Waals surface area contributed by atoms with Crippen molar-refractivity contribution in [2.45, 2.75) is 46.1 Å². The molecule has 22 heavy (non-hydrogen) atoms. The highest BCUT2D eigenvalue weighted by Gasteiger charge is 2.28. The van der Waals surface area contributed by atoms with Crippen LogP contribution in [-0.4, -0.2) is 37.1 Å². The van der Waals surface area contributed by atoms with E-state index in [2.05, 4.69) is 23.9 Å². The third kappa shape index (κ3) is 6.28. The molecule has 1 fully saturated rings. The Labute approximate surface area is 131 Å². The first-order chi connectivity index (χ1) is 10.4. The van der Waals surface area contributed by atoms with Gasteiger partial charge in [0.15, 0.2) is 6.61 Å². The fraction of sp³-hybridized carbons (Fsp3) is 0.688. The van der Waals surface area contributed by atoms with Gasteiger partial charge in [0.1, 0.15) is 0 Å². The molecule has 1 saturated carbocycles. The van der Waals surface area contributed by atoms with Gasteiger partial charge in [-0.25, -0.2) is 9.59 Å². The zero-order valence-corrected chi connectivity index (χ0v) is 13.5. The second kappa shape index (κ2) is 9.23. The number of hydrogen-bond acceptors (Lipinski definition) is 5. The molecule has 0 radical (unpaired) electrons. The van der Waals surface area contributed by atoms with Gasteiger partial charge in [0.2, 0.25) is 0 Å². The molecule has 1 aliphatic carbocycles. The summed E-state index contributed by atoms with van der Waals surface area (Å²) < 4.78 is 9.42. The van der Waals surface area contributed by atoms with Gasteiger partial charge >= 0.3 is 11.9 Å². The molecule has 0 aromatic carbocycles. The molecule has 1 amide bonds. The smallest absolute Gasteiger partial charge is 0.331 e. The number of carbonyl (C=O) groups is 3. The maximum atomic E-state index is 11.8. The van der Waals surface area contributed by atoms with Crippen LogP contribution in [0.5, 0.6) is 0 Å².